The van der Waals surface area contributed by atoms with Gasteiger partial charge in [0, 0.05) is 0 Å². The summed E-state index contributed by atoms with van der Waals surface area (Å²) in [6, 6.07) is 2.05. The Hall–Kier alpha value is -1.79. The molecule has 0 radical (unpaired) electrons. The van der Waals surface area contributed by atoms with Crippen LogP contribution in [0.5, 0.6) is 5.75 Å². The number of esters is 1. The van der Waals surface area contributed by atoms with Gasteiger partial charge >= 0.3 is 12.3 Å². The average Bonchev–Trinajstić information content (AvgIpc) is 2.17. The van der Waals surface area contributed by atoms with Crippen molar-refractivity contribution in [1.29, 1.82) is 0 Å². The number of carbonyl (C=O) groups is 1. The molecule has 0 aromatic heterocycles. The van der Waals surface area contributed by atoms with Gasteiger partial charge < -0.3 is 9.47 Å². The highest BCUT2D eigenvalue weighted by atomic mass is 19.4. The van der Waals surface area contributed by atoms with Crippen molar-refractivity contribution in [2.45, 2.75) is 6.36 Å². The maximum Gasteiger partial charge on any atom is 0.573 e. The van der Waals surface area contributed by atoms with E-state index >= 15 is 0 Å². The third kappa shape index (κ3) is 3.11. The summed E-state index contributed by atoms with van der Waals surface area (Å²) in [4.78, 5) is 11.0. The first-order chi connectivity index (χ1) is 7.33. The molecule has 0 aliphatic rings. The quantitative estimate of drug-likeness (QED) is 0.586. The normalized spacial score (nSPS) is 11.1. The molecule has 0 N–H and O–H groups in total. The van der Waals surface area contributed by atoms with Crippen LogP contribution in [-0.2, 0) is 4.74 Å². The Morgan fingerprint density at radius 2 is 1.94 bits per heavy atom. The van der Waals surface area contributed by atoms with Crippen molar-refractivity contribution in [3.8, 4) is 5.75 Å². The first kappa shape index (κ1) is 12.3. The van der Waals surface area contributed by atoms with E-state index in [1.165, 1.54) is 0 Å². The van der Waals surface area contributed by atoms with Crippen LogP contribution in [0.1, 0.15) is 10.4 Å². The molecule has 16 heavy (non-hydrogen) atoms. The summed E-state index contributed by atoms with van der Waals surface area (Å²) >= 11 is 0. The molecule has 0 unspecified atom stereocenters. The highest BCUT2D eigenvalue weighted by molar-refractivity contribution is 5.92. The van der Waals surface area contributed by atoms with Crippen LogP contribution in [0.4, 0.5) is 17.6 Å². The van der Waals surface area contributed by atoms with E-state index in [1.807, 2.05) is 0 Å². The predicted octanol–water partition coefficient (Wildman–Crippen LogP) is 2.51. The predicted molar refractivity (Wildman–Crippen MR) is 44.4 cm³/mol. The van der Waals surface area contributed by atoms with Gasteiger partial charge in [0.25, 0.3) is 0 Å². The molecule has 7 heteroatoms. The summed E-state index contributed by atoms with van der Waals surface area (Å²) in [6.45, 7) is 0. The Morgan fingerprint density at radius 3 is 2.44 bits per heavy atom. The number of ether oxygens (including phenoxy) is 2. The van der Waals surface area contributed by atoms with Gasteiger partial charge in [0.2, 0.25) is 0 Å². The van der Waals surface area contributed by atoms with E-state index in [9.17, 15) is 22.4 Å². The van der Waals surface area contributed by atoms with Crippen molar-refractivity contribution in [2.75, 3.05) is 7.11 Å². The molecule has 0 aliphatic heterocycles. The minimum absolute atomic E-state index is 0.604. The van der Waals surface area contributed by atoms with Gasteiger partial charge in [-0.1, -0.05) is 0 Å². The van der Waals surface area contributed by atoms with Gasteiger partial charge in [-0.3, -0.25) is 0 Å². The van der Waals surface area contributed by atoms with Crippen LogP contribution in [0.3, 0.4) is 0 Å². The molecule has 0 spiro atoms. The Kier molecular flexibility index (Phi) is 3.36. The number of carbonyl (C=O) groups excluding carboxylic acids is 1. The van der Waals surface area contributed by atoms with Gasteiger partial charge in [-0.05, 0) is 18.2 Å². The van der Waals surface area contributed by atoms with Crippen LogP contribution < -0.4 is 4.74 Å². The number of benzene rings is 1. The van der Waals surface area contributed by atoms with Gasteiger partial charge in [0.1, 0.15) is 17.1 Å². The first-order valence-corrected chi connectivity index (χ1v) is 3.97. The molecule has 0 amide bonds. The third-order valence-electron chi connectivity index (χ3n) is 1.57. The van der Waals surface area contributed by atoms with E-state index in [0.29, 0.717) is 12.1 Å². The van der Waals surface area contributed by atoms with Crippen LogP contribution in [0.15, 0.2) is 18.2 Å². The largest absolute Gasteiger partial charge is 0.573 e. The minimum Gasteiger partial charge on any atom is -0.465 e. The van der Waals surface area contributed by atoms with E-state index in [0.717, 1.165) is 13.2 Å². The molecule has 0 bridgehead atoms. The van der Waals surface area contributed by atoms with E-state index in [4.69, 9.17) is 0 Å². The molecule has 0 fully saturated rings. The second-order valence-electron chi connectivity index (χ2n) is 2.68. The molecule has 1 aromatic rings. The minimum atomic E-state index is -4.96. The standard InChI is InChI=1S/C9H6F4O3/c1-15-8(14)6-4-5(10)2-3-7(6)16-9(11,12)13/h2-4H,1H3. The van der Waals surface area contributed by atoms with Crippen LogP contribution >= 0.6 is 0 Å². The SMILES string of the molecule is COC(=O)c1cc(F)ccc1OC(F)(F)F. The summed E-state index contributed by atoms with van der Waals surface area (Å²) in [5.74, 6) is -2.78. The number of methoxy groups -OCH3 is 1. The molecule has 0 saturated heterocycles. The zero-order valence-electron chi connectivity index (χ0n) is 7.97. The third-order valence-corrected chi connectivity index (χ3v) is 1.57. The summed E-state index contributed by atoms with van der Waals surface area (Å²) in [5.41, 5.74) is -0.625. The van der Waals surface area contributed by atoms with Gasteiger partial charge in [-0.25, -0.2) is 9.18 Å². The molecular weight excluding hydrogens is 232 g/mol. The second-order valence-corrected chi connectivity index (χ2v) is 2.68. The molecule has 0 heterocycles. The van der Waals surface area contributed by atoms with E-state index in [1.54, 1.807) is 0 Å². The lowest BCUT2D eigenvalue weighted by molar-refractivity contribution is -0.274. The fourth-order valence-electron chi connectivity index (χ4n) is 0.985. The first-order valence-electron chi connectivity index (χ1n) is 3.97. The molecule has 0 saturated carbocycles. The Balaban J connectivity index is 3.13. The lowest BCUT2D eigenvalue weighted by Gasteiger charge is -2.11. The molecule has 1 aromatic carbocycles. The van der Waals surface area contributed by atoms with Crippen molar-refractivity contribution in [3.05, 3.63) is 29.6 Å². The Bertz CT molecular complexity index is 400. The number of hydrogen-bond donors (Lipinski definition) is 0. The molecule has 0 aliphatic carbocycles. The van der Waals surface area contributed by atoms with Crippen molar-refractivity contribution < 1.29 is 31.8 Å². The average molecular weight is 238 g/mol. The number of hydrogen-bond acceptors (Lipinski definition) is 3. The van der Waals surface area contributed by atoms with Crippen LogP contribution in [0.2, 0.25) is 0 Å². The summed E-state index contributed by atoms with van der Waals surface area (Å²) in [5, 5.41) is 0. The zero-order valence-corrected chi connectivity index (χ0v) is 7.97. The molecule has 3 nitrogen and oxygen atoms in total. The fraction of sp³-hybridized carbons (Fsp3) is 0.222. The second kappa shape index (κ2) is 4.38. The van der Waals surface area contributed by atoms with Gasteiger partial charge in [0.05, 0.1) is 7.11 Å². The van der Waals surface area contributed by atoms with Gasteiger partial charge in [-0.15, -0.1) is 13.2 Å². The Labute approximate surface area is 87.6 Å². The highest BCUT2D eigenvalue weighted by Gasteiger charge is 2.33. The molecule has 1 rings (SSSR count). The zero-order chi connectivity index (χ0) is 12.3. The summed E-state index contributed by atoms with van der Waals surface area (Å²) in [7, 11) is 0.963. The molecular formula is C9H6F4O3. The van der Waals surface area contributed by atoms with E-state index in [-0.39, 0.29) is 0 Å². The molecule has 0 atom stereocenters. The molecule has 88 valence electrons. The van der Waals surface area contributed by atoms with Crippen molar-refractivity contribution >= 4 is 5.97 Å². The van der Waals surface area contributed by atoms with Crippen LogP contribution in [-0.4, -0.2) is 19.4 Å². The smallest absolute Gasteiger partial charge is 0.465 e. The van der Waals surface area contributed by atoms with Gasteiger partial charge in [0.15, 0.2) is 0 Å². The van der Waals surface area contributed by atoms with E-state index < -0.39 is 29.5 Å². The van der Waals surface area contributed by atoms with Gasteiger partial charge in [-0.2, -0.15) is 0 Å². The van der Waals surface area contributed by atoms with Crippen molar-refractivity contribution in [3.63, 3.8) is 0 Å². The van der Waals surface area contributed by atoms with E-state index in [2.05, 4.69) is 9.47 Å². The van der Waals surface area contributed by atoms with Crippen molar-refractivity contribution in [1.82, 2.24) is 0 Å². The number of rotatable bonds is 2. The number of halogens is 4. The summed E-state index contributed by atoms with van der Waals surface area (Å²) in [6.07, 6.45) is -4.96. The monoisotopic (exact) mass is 238 g/mol. The van der Waals surface area contributed by atoms with Crippen molar-refractivity contribution in [2.24, 2.45) is 0 Å². The lowest BCUT2D eigenvalue weighted by atomic mass is 10.2. The maximum atomic E-state index is 12.7. The maximum absolute atomic E-state index is 12.7. The number of alkyl halides is 3. The highest BCUT2D eigenvalue weighted by Crippen LogP contribution is 2.27. The van der Waals surface area contributed by atoms with Crippen LogP contribution in [0.25, 0.3) is 0 Å². The Morgan fingerprint density at radius 1 is 1.31 bits per heavy atom. The summed E-state index contributed by atoms with van der Waals surface area (Å²) < 4.78 is 56.2. The lowest BCUT2D eigenvalue weighted by Crippen LogP contribution is -2.19. The fourth-order valence-corrected chi connectivity index (χ4v) is 0.985. The van der Waals surface area contributed by atoms with Crippen LogP contribution in [0, 0.1) is 5.82 Å². The topological polar surface area (TPSA) is 35.5 Å².